The number of carbonyl (C=O) groups excluding carboxylic acids is 1. The predicted molar refractivity (Wildman–Crippen MR) is 89.8 cm³/mol. The summed E-state index contributed by atoms with van der Waals surface area (Å²) in [6, 6.07) is 9.76. The summed E-state index contributed by atoms with van der Waals surface area (Å²) in [5.74, 6) is 0.330. The molecule has 0 radical (unpaired) electrons. The summed E-state index contributed by atoms with van der Waals surface area (Å²) in [5.41, 5.74) is 1.12. The van der Waals surface area contributed by atoms with Gasteiger partial charge in [0.1, 0.15) is 0 Å². The summed E-state index contributed by atoms with van der Waals surface area (Å²) in [7, 11) is -2.96. The van der Waals surface area contributed by atoms with E-state index in [0.29, 0.717) is 39.0 Å². The number of hydrogen-bond donors (Lipinski definition) is 0. The van der Waals surface area contributed by atoms with Gasteiger partial charge in [0.05, 0.1) is 18.1 Å². The van der Waals surface area contributed by atoms with Crippen LogP contribution in [-0.2, 0) is 26.0 Å². The lowest BCUT2D eigenvalue weighted by molar-refractivity contribution is -0.133. The first-order valence-electron chi connectivity index (χ1n) is 8.13. The molecule has 0 unspecified atom stereocenters. The van der Waals surface area contributed by atoms with E-state index in [1.165, 1.54) is 0 Å². The molecule has 1 saturated heterocycles. The molecular weight excluding hydrogens is 314 g/mol. The molecule has 0 aromatic heterocycles. The van der Waals surface area contributed by atoms with E-state index >= 15 is 0 Å². The smallest absolute Gasteiger partial charge is 0.222 e. The maximum Gasteiger partial charge on any atom is 0.222 e. The highest BCUT2D eigenvalue weighted by Gasteiger charge is 2.33. The van der Waals surface area contributed by atoms with Crippen LogP contribution in [0.3, 0.4) is 0 Å². The Balaban J connectivity index is 1.69. The number of nitrogens with zero attached hydrogens (tertiary/aromatic N) is 1. The topological polar surface area (TPSA) is 63.7 Å². The van der Waals surface area contributed by atoms with Crippen molar-refractivity contribution in [2.24, 2.45) is 0 Å². The molecule has 0 N–H and O–H groups in total. The second-order valence-electron chi connectivity index (χ2n) is 5.88. The number of carbonyl (C=O) groups is 1. The van der Waals surface area contributed by atoms with Gasteiger partial charge in [0.2, 0.25) is 5.91 Å². The Hall–Kier alpha value is -1.40. The van der Waals surface area contributed by atoms with Gasteiger partial charge in [-0.05, 0) is 25.3 Å². The van der Waals surface area contributed by atoms with Crippen molar-refractivity contribution >= 4 is 15.7 Å². The predicted octanol–water partition coefficient (Wildman–Crippen LogP) is 2.02. The average molecular weight is 339 g/mol. The summed E-state index contributed by atoms with van der Waals surface area (Å²) < 4.78 is 28.7. The van der Waals surface area contributed by atoms with Gasteiger partial charge in [-0.2, -0.15) is 0 Å². The van der Waals surface area contributed by atoms with Gasteiger partial charge < -0.3 is 9.64 Å². The van der Waals surface area contributed by atoms with Crippen molar-refractivity contribution in [2.75, 3.05) is 24.7 Å². The van der Waals surface area contributed by atoms with Gasteiger partial charge in [-0.3, -0.25) is 4.79 Å². The third kappa shape index (κ3) is 5.62. The van der Waals surface area contributed by atoms with Gasteiger partial charge in [0.15, 0.2) is 9.84 Å². The Bertz CT molecular complexity index is 600. The van der Waals surface area contributed by atoms with Crippen molar-refractivity contribution in [3.8, 4) is 0 Å². The summed E-state index contributed by atoms with van der Waals surface area (Å²) >= 11 is 0. The van der Waals surface area contributed by atoms with E-state index in [9.17, 15) is 13.2 Å². The quantitative estimate of drug-likeness (QED) is 0.680. The Labute approximate surface area is 138 Å². The fraction of sp³-hybridized carbons (Fsp3) is 0.588. The molecule has 2 rings (SSSR count). The summed E-state index contributed by atoms with van der Waals surface area (Å²) in [5, 5.41) is 0. The van der Waals surface area contributed by atoms with Crippen LogP contribution in [0, 0.1) is 0 Å². The molecule has 1 aromatic carbocycles. The zero-order valence-corrected chi connectivity index (χ0v) is 14.4. The number of benzene rings is 1. The van der Waals surface area contributed by atoms with Crippen LogP contribution in [0.2, 0.25) is 0 Å². The van der Waals surface area contributed by atoms with Crippen molar-refractivity contribution in [3.05, 3.63) is 35.9 Å². The Morgan fingerprint density at radius 3 is 2.65 bits per heavy atom. The molecule has 1 aromatic rings. The highest BCUT2D eigenvalue weighted by Crippen LogP contribution is 2.18. The molecule has 6 heteroatoms. The third-order valence-corrected chi connectivity index (χ3v) is 5.85. The Morgan fingerprint density at radius 1 is 1.30 bits per heavy atom. The largest absolute Gasteiger partial charge is 0.377 e. The van der Waals surface area contributed by atoms with E-state index in [0.717, 1.165) is 5.56 Å². The van der Waals surface area contributed by atoms with Crippen LogP contribution in [0.25, 0.3) is 0 Å². The SMILES string of the molecule is CCN(C(=O)CCCOCc1ccccc1)[C@H]1CCS(=O)(=O)C1. The fourth-order valence-corrected chi connectivity index (χ4v) is 4.62. The van der Waals surface area contributed by atoms with Crippen LogP contribution in [0.5, 0.6) is 0 Å². The maximum absolute atomic E-state index is 12.3. The van der Waals surface area contributed by atoms with Gasteiger partial charge in [-0.15, -0.1) is 0 Å². The van der Waals surface area contributed by atoms with Crippen molar-refractivity contribution < 1.29 is 17.9 Å². The lowest BCUT2D eigenvalue weighted by Gasteiger charge is -2.26. The highest BCUT2D eigenvalue weighted by molar-refractivity contribution is 7.91. The number of hydrogen-bond acceptors (Lipinski definition) is 4. The van der Waals surface area contributed by atoms with Crippen molar-refractivity contribution in [1.29, 1.82) is 0 Å². The summed E-state index contributed by atoms with van der Waals surface area (Å²) in [6.45, 7) is 3.53. The Kier molecular flexibility index (Phi) is 6.59. The molecule has 1 amide bonds. The molecule has 1 fully saturated rings. The molecule has 1 aliphatic heterocycles. The molecule has 0 aliphatic carbocycles. The minimum Gasteiger partial charge on any atom is -0.377 e. The number of ether oxygens (including phenoxy) is 1. The lowest BCUT2D eigenvalue weighted by Crippen LogP contribution is -2.40. The first-order valence-corrected chi connectivity index (χ1v) is 9.95. The van der Waals surface area contributed by atoms with E-state index in [4.69, 9.17) is 4.74 Å². The van der Waals surface area contributed by atoms with E-state index in [2.05, 4.69) is 0 Å². The number of sulfone groups is 1. The van der Waals surface area contributed by atoms with Gasteiger partial charge in [0.25, 0.3) is 0 Å². The summed E-state index contributed by atoms with van der Waals surface area (Å²) in [4.78, 5) is 14.0. The van der Waals surface area contributed by atoms with Gasteiger partial charge >= 0.3 is 0 Å². The number of amides is 1. The second kappa shape index (κ2) is 8.45. The van der Waals surface area contributed by atoms with Crippen LogP contribution in [0.1, 0.15) is 31.7 Å². The lowest BCUT2D eigenvalue weighted by atomic mass is 10.2. The van der Waals surface area contributed by atoms with E-state index < -0.39 is 9.84 Å². The van der Waals surface area contributed by atoms with Gasteiger partial charge in [-0.1, -0.05) is 30.3 Å². The van der Waals surface area contributed by atoms with Gasteiger partial charge in [0, 0.05) is 25.6 Å². The molecule has 1 aliphatic rings. The zero-order valence-electron chi connectivity index (χ0n) is 13.6. The number of rotatable bonds is 8. The van der Waals surface area contributed by atoms with Crippen LogP contribution in [0.15, 0.2) is 30.3 Å². The maximum atomic E-state index is 12.3. The first-order chi connectivity index (χ1) is 11.0. The minimum atomic E-state index is -2.96. The average Bonchev–Trinajstić information content (AvgIpc) is 2.88. The first kappa shape index (κ1) is 17.9. The van der Waals surface area contributed by atoms with Crippen LogP contribution in [-0.4, -0.2) is 49.9 Å². The third-order valence-electron chi connectivity index (χ3n) is 4.10. The molecule has 0 saturated carbocycles. The molecule has 5 nitrogen and oxygen atoms in total. The van der Waals surface area contributed by atoms with E-state index in [1.807, 2.05) is 37.3 Å². The molecule has 23 heavy (non-hydrogen) atoms. The van der Waals surface area contributed by atoms with E-state index in [1.54, 1.807) is 4.90 Å². The van der Waals surface area contributed by atoms with Crippen molar-refractivity contribution in [3.63, 3.8) is 0 Å². The molecular formula is C17H25NO4S. The standard InChI is InChI=1S/C17H25NO4S/c1-2-18(16-10-12-23(20,21)14-16)17(19)9-6-11-22-13-15-7-4-3-5-8-15/h3-5,7-8,16H,2,6,9-14H2,1H3/t16-/m0/s1. The minimum absolute atomic E-state index is 0.0258. The molecule has 1 heterocycles. The zero-order chi connectivity index (χ0) is 16.7. The monoisotopic (exact) mass is 339 g/mol. The molecule has 0 bridgehead atoms. The van der Waals surface area contributed by atoms with Crippen LogP contribution < -0.4 is 0 Å². The van der Waals surface area contributed by atoms with Crippen LogP contribution in [0.4, 0.5) is 0 Å². The normalized spacial score (nSPS) is 19.6. The van der Waals surface area contributed by atoms with Crippen molar-refractivity contribution in [2.45, 2.75) is 38.8 Å². The Morgan fingerprint density at radius 2 is 2.04 bits per heavy atom. The van der Waals surface area contributed by atoms with Gasteiger partial charge in [-0.25, -0.2) is 8.42 Å². The van der Waals surface area contributed by atoms with Crippen molar-refractivity contribution in [1.82, 2.24) is 4.90 Å². The second-order valence-corrected chi connectivity index (χ2v) is 8.11. The summed E-state index contributed by atoms with van der Waals surface area (Å²) in [6.07, 6.45) is 1.62. The molecule has 128 valence electrons. The molecule has 0 spiro atoms. The highest BCUT2D eigenvalue weighted by atomic mass is 32.2. The molecule has 1 atom stereocenters. The van der Waals surface area contributed by atoms with E-state index in [-0.39, 0.29) is 23.5 Å². The fourth-order valence-electron chi connectivity index (χ4n) is 2.89. The van der Waals surface area contributed by atoms with Crippen LogP contribution >= 0.6 is 0 Å².